The Kier molecular flexibility index (Phi) is 5.47. The lowest BCUT2D eigenvalue weighted by Gasteiger charge is -2.18. The molecule has 2 aromatic carbocycles. The summed E-state index contributed by atoms with van der Waals surface area (Å²) in [6.45, 7) is 6.65. The maximum Gasteiger partial charge on any atom is 0.167 e. The lowest BCUT2D eigenvalue weighted by atomic mass is 9.87. The summed E-state index contributed by atoms with van der Waals surface area (Å²) in [6.07, 6.45) is 0. The molecule has 0 atom stereocenters. The molecule has 2 nitrogen and oxygen atoms in total. The van der Waals surface area contributed by atoms with Crippen LogP contribution in [0, 0.1) is 0 Å². The van der Waals surface area contributed by atoms with Crippen LogP contribution in [0.25, 0.3) is 11.3 Å². The molecular weight excluding hydrogens is 373 g/mol. The van der Waals surface area contributed by atoms with E-state index in [1.54, 1.807) is 23.9 Å². The van der Waals surface area contributed by atoms with Gasteiger partial charge in [-0.15, -0.1) is 11.8 Å². The van der Waals surface area contributed by atoms with Crippen molar-refractivity contribution in [3.8, 4) is 11.3 Å². The highest BCUT2D eigenvalue weighted by Crippen LogP contribution is 2.31. The minimum absolute atomic E-state index is 0.171. The maximum atomic E-state index is 6.06. The number of nitrogens with zero attached hydrogens (tertiary/aromatic N) is 1. The highest BCUT2D eigenvalue weighted by molar-refractivity contribution is 7.98. The summed E-state index contributed by atoms with van der Waals surface area (Å²) in [4.78, 5) is 1.21. The predicted molar refractivity (Wildman–Crippen MR) is 107 cm³/mol. The van der Waals surface area contributed by atoms with Crippen LogP contribution in [0.4, 0.5) is 0 Å². The molecule has 25 heavy (non-hydrogen) atoms. The van der Waals surface area contributed by atoms with E-state index in [0.717, 1.165) is 17.0 Å². The minimum atomic E-state index is 0.171. The van der Waals surface area contributed by atoms with Crippen LogP contribution in [0.15, 0.2) is 57.9 Å². The topological polar surface area (TPSA) is 26.0 Å². The molecule has 0 saturated heterocycles. The summed E-state index contributed by atoms with van der Waals surface area (Å²) in [5, 5.41) is 5.18. The highest BCUT2D eigenvalue weighted by atomic mass is 35.5. The average Bonchev–Trinajstić information content (AvgIpc) is 3.04. The molecule has 0 aliphatic rings. The highest BCUT2D eigenvalue weighted by Gasteiger charge is 2.13. The quantitative estimate of drug-likeness (QED) is 0.438. The largest absolute Gasteiger partial charge is 0.356 e. The van der Waals surface area contributed by atoms with E-state index in [0.29, 0.717) is 15.8 Å². The van der Waals surface area contributed by atoms with Crippen molar-refractivity contribution in [2.45, 2.75) is 36.8 Å². The molecule has 0 bridgehead atoms. The van der Waals surface area contributed by atoms with Crippen molar-refractivity contribution < 1.29 is 4.52 Å². The van der Waals surface area contributed by atoms with Gasteiger partial charge in [0, 0.05) is 22.3 Å². The van der Waals surface area contributed by atoms with Gasteiger partial charge in [0.2, 0.25) is 0 Å². The molecule has 0 fully saturated rings. The SMILES string of the molecule is CC(C)(C)c1ccc(SCc2cc(-c3ccc(Cl)c(Cl)c3)on2)cc1. The monoisotopic (exact) mass is 391 g/mol. The van der Waals surface area contributed by atoms with Gasteiger partial charge in [-0.05, 0) is 41.3 Å². The first-order valence-electron chi connectivity index (χ1n) is 7.97. The number of halogens is 2. The lowest BCUT2D eigenvalue weighted by molar-refractivity contribution is 0.426. The normalized spacial score (nSPS) is 11.7. The Morgan fingerprint density at radius 2 is 1.68 bits per heavy atom. The number of hydrogen-bond acceptors (Lipinski definition) is 3. The van der Waals surface area contributed by atoms with Gasteiger partial charge in [0.05, 0.1) is 15.7 Å². The van der Waals surface area contributed by atoms with Crippen molar-refractivity contribution in [1.29, 1.82) is 0 Å². The molecule has 130 valence electrons. The molecule has 0 spiro atoms. The van der Waals surface area contributed by atoms with E-state index in [4.69, 9.17) is 27.7 Å². The van der Waals surface area contributed by atoms with Crippen molar-refractivity contribution in [2.75, 3.05) is 0 Å². The van der Waals surface area contributed by atoms with E-state index in [-0.39, 0.29) is 5.41 Å². The number of benzene rings is 2. The van der Waals surface area contributed by atoms with Gasteiger partial charge in [0.15, 0.2) is 5.76 Å². The molecule has 3 aromatic rings. The van der Waals surface area contributed by atoms with Crippen molar-refractivity contribution in [3.63, 3.8) is 0 Å². The minimum Gasteiger partial charge on any atom is -0.356 e. The van der Waals surface area contributed by atoms with Crippen LogP contribution in [0.2, 0.25) is 10.0 Å². The smallest absolute Gasteiger partial charge is 0.167 e. The molecule has 0 saturated carbocycles. The van der Waals surface area contributed by atoms with E-state index in [1.807, 2.05) is 12.1 Å². The summed E-state index contributed by atoms with van der Waals surface area (Å²) in [7, 11) is 0. The summed E-state index contributed by atoms with van der Waals surface area (Å²) < 4.78 is 5.43. The number of thioether (sulfide) groups is 1. The number of rotatable bonds is 4. The fraction of sp³-hybridized carbons (Fsp3) is 0.250. The Bertz CT molecular complexity index is 866. The average molecular weight is 392 g/mol. The molecule has 0 aliphatic carbocycles. The third-order valence-electron chi connectivity index (χ3n) is 3.87. The van der Waals surface area contributed by atoms with E-state index < -0.39 is 0 Å². The fourth-order valence-corrected chi connectivity index (χ4v) is 3.45. The lowest BCUT2D eigenvalue weighted by Crippen LogP contribution is -2.10. The third kappa shape index (κ3) is 4.60. The van der Waals surface area contributed by atoms with Crippen molar-refractivity contribution >= 4 is 35.0 Å². The molecule has 1 aromatic heterocycles. The second-order valence-corrected chi connectivity index (χ2v) is 8.74. The fourth-order valence-electron chi connectivity index (χ4n) is 2.37. The van der Waals surface area contributed by atoms with Gasteiger partial charge in [0.25, 0.3) is 0 Å². The molecular formula is C20H19Cl2NOS. The molecule has 1 heterocycles. The summed E-state index contributed by atoms with van der Waals surface area (Å²) in [5.74, 6) is 1.44. The first-order valence-corrected chi connectivity index (χ1v) is 9.71. The Morgan fingerprint density at radius 1 is 0.960 bits per heavy atom. The zero-order valence-corrected chi connectivity index (χ0v) is 16.7. The predicted octanol–water partition coefficient (Wildman–Crippen LogP) is 7.24. The molecule has 0 aliphatic heterocycles. The third-order valence-corrected chi connectivity index (χ3v) is 5.65. The van der Waals surface area contributed by atoms with Crippen LogP contribution < -0.4 is 0 Å². The van der Waals surface area contributed by atoms with Crippen molar-refractivity contribution in [3.05, 3.63) is 69.8 Å². The number of aromatic nitrogens is 1. The first kappa shape index (κ1) is 18.4. The van der Waals surface area contributed by atoms with Gasteiger partial charge >= 0.3 is 0 Å². The molecule has 3 rings (SSSR count). The Balaban J connectivity index is 1.66. The first-order chi connectivity index (χ1) is 11.8. The Labute approximate surface area is 162 Å². The standard InChI is InChI=1S/C20H19Cl2NOS/c1-20(2,3)14-5-7-16(8-6-14)25-12-15-11-19(24-23-15)13-4-9-17(21)18(22)10-13/h4-11H,12H2,1-3H3. The zero-order valence-electron chi connectivity index (χ0n) is 14.3. The van der Waals surface area contributed by atoms with Crippen molar-refractivity contribution in [1.82, 2.24) is 5.16 Å². The molecule has 0 unspecified atom stereocenters. The Morgan fingerprint density at radius 3 is 2.32 bits per heavy atom. The van der Waals surface area contributed by atoms with Gasteiger partial charge in [-0.3, -0.25) is 0 Å². The van der Waals surface area contributed by atoms with Crippen LogP contribution in [0.1, 0.15) is 32.0 Å². The van der Waals surface area contributed by atoms with E-state index >= 15 is 0 Å². The van der Waals surface area contributed by atoms with Gasteiger partial charge in [-0.1, -0.05) is 61.3 Å². The molecule has 0 amide bonds. The molecule has 0 radical (unpaired) electrons. The second kappa shape index (κ2) is 7.45. The van der Waals surface area contributed by atoms with Crippen LogP contribution in [-0.4, -0.2) is 5.16 Å². The van der Waals surface area contributed by atoms with E-state index in [1.165, 1.54) is 10.5 Å². The van der Waals surface area contributed by atoms with Gasteiger partial charge < -0.3 is 4.52 Å². The second-order valence-electron chi connectivity index (χ2n) is 6.87. The molecule has 5 heteroatoms. The maximum absolute atomic E-state index is 6.06. The van der Waals surface area contributed by atoms with E-state index in [9.17, 15) is 0 Å². The van der Waals surface area contributed by atoms with Crippen LogP contribution in [-0.2, 0) is 11.2 Å². The summed E-state index contributed by atoms with van der Waals surface area (Å²) in [5.41, 5.74) is 3.27. The van der Waals surface area contributed by atoms with Crippen molar-refractivity contribution in [2.24, 2.45) is 0 Å². The summed E-state index contributed by atoms with van der Waals surface area (Å²) >= 11 is 13.7. The van der Waals surface area contributed by atoms with Crippen LogP contribution in [0.5, 0.6) is 0 Å². The number of hydrogen-bond donors (Lipinski definition) is 0. The zero-order chi connectivity index (χ0) is 18.0. The van der Waals surface area contributed by atoms with Gasteiger partial charge in [-0.25, -0.2) is 0 Å². The van der Waals surface area contributed by atoms with Gasteiger partial charge in [-0.2, -0.15) is 0 Å². The van der Waals surface area contributed by atoms with E-state index in [2.05, 4.69) is 50.2 Å². The Hall–Kier alpha value is -1.42. The van der Waals surface area contributed by atoms with Crippen LogP contribution >= 0.6 is 35.0 Å². The molecule has 0 N–H and O–H groups in total. The van der Waals surface area contributed by atoms with Crippen LogP contribution in [0.3, 0.4) is 0 Å². The summed E-state index contributed by atoms with van der Waals surface area (Å²) in [6, 6.07) is 16.0. The van der Waals surface area contributed by atoms with Gasteiger partial charge in [0.1, 0.15) is 0 Å².